The lowest BCUT2D eigenvalue weighted by atomic mass is 9.46. The first-order chi connectivity index (χ1) is 12.8. The van der Waals surface area contributed by atoms with Gasteiger partial charge in [-0.1, -0.05) is 30.3 Å². The summed E-state index contributed by atoms with van der Waals surface area (Å²) >= 11 is 0. The van der Waals surface area contributed by atoms with E-state index in [2.05, 4.69) is 24.4 Å². The van der Waals surface area contributed by atoms with E-state index in [9.17, 15) is 9.90 Å². The molecule has 0 aromatic heterocycles. The van der Waals surface area contributed by atoms with Crippen molar-refractivity contribution in [3.8, 4) is 0 Å². The lowest BCUT2D eigenvalue weighted by molar-refractivity contribution is -0.187. The molecule has 1 aromatic rings. The Bertz CT molecular complexity index is 678. The second-order valence-electron chi connectivity index (χ2n) is 9.77. The number of carbonyl (C=O) groups is 1. The van der Waals surface area contributed by atoms with Gasteiger partial charge in [0.1, 0.15) is 6.04 Å². The van der Waals surface area contributed by atoms with Crippen molar-refractivity contribution in [1.82, 2.24) is 5.32 Å². The number of hydrogen-bond acceptors (Lipinski definition) is 4. The summed E-state index contributed by atoms with van der Waals surface area (Å²) in [4.78, 5) is 13.2. The van der Waals surface area contributed by atoms with Crippen LogP contribution in [0.1, 0.15) is 70.9 Å². The average Bonchev–Trinajstić information content (AvgIpc) is 2.57. The van der Waals surface area contributed by atoms with Crippen LogP contribution in [0, 0.1) is 17.3 Å². The van der Waals surface area contributed by atoms with Crippen LogP contribution in [-0.2, 0) is 9.53 Å². The number of ether oxygens (including phenoxy) is 1. The maximum absolute atomic E-state index is 13.2. The third-order valence-electron chi connectivity index (χ3n) is 6.99. The van der Waals surface area contributed by atoms with E-state index in [0.29, 0.717) is 11.8 Å². The average molecular weight is 408 g/mol. The number of carbonyl (C=O) groups excluding carboxylic acids is 1. The van der Waals surface area contributed by atoms with Crippen molar-refractivity contribution in [3.63, 3.8) is 0 Å². The van der Waals surface area contributed by atoms with Crippen LogP contribution >= 0.6 is 12.4 Å². The maximum atomic E-state index is 13.2. The smallest absolute Gasteiger partial charge is 0.323 e. The molecule has 4 bridgehead atoms. The Morgan fingerprint density at radius 1 is 1.11 bits per heavy atom. The zero-order valence-corrected chi connectivity index (χ0v) is 18.0. The van der Waals surface area contributed by atoms with Crippen LogP contribution in [0.5, 0.6) is 0 Å². The molecule has 4 fully saturated rings. The van der Waals surface area contributed by atoms with Crippen LogP contribution in [-0.4, -0.2) is 28.8 Å². The lowest BCUT2D eigenvalue weighted by Crippen LogP contribution is -2.64. The van der Waals surface area contributed by atoms with Gasteiger partial charge in [-0.05, 0) is 82.1 Å². The summed E-state index contributed by atoms with van der Waals surface area (Å²) in [6.07, 6.45) is 5.67. The number of hydrogen-bond donors (Lipinski definition) is 2. The maximum Gasteiger partial charge on any atom is 0.323 e. The van der Waals surface area contributed by atoms with Crippen molar-refractivity contribution in [1.29, 1.82) is 0 Å². The molecule has 4 aliphatic rings. The zero-order valence-electron chi connectivity index (χ0n) is 17.2. The van der Waals surface area contributed by atoms with Gasteiger partial charge in [-0.25, -0.2) is 0 Å². The quantitative estimate of drug-likeness (QED) is 0.685. The van der Waals surface area contributed by atoms with E-state index in [-0.39, 0.29) is 42.0 Å². The molecule has 2 unspecified atom stereocenters. The minimum atomic E-state index is -0.585. The van der Waals surface area contributed by atoms with Gasteiger partial charge in [-0.2, -0.15) is 0 Å². The Balaban J connectivity index is 0.00000225. The number of aliphatic hydroxyl groups is 1. The van der Waals surface area contributed by atoms with Crippen LogP contribution in [0.25, 0.3) is 0 Å². The molecule has 5 heteroatoms. The minimum absolute atomic E-state index is 0. The van der Waals surface area contributed by atoms with Crippen molar-refractivity contribution in [2.75, 3.05) is 0 Å². The van der Waals surface area contributed by atoms with Gasteiger partial charge in [0.25, 0.3) is 0 Å². The molecule has 0 amide bonds. The summed E-state index contributed by atoms with van der Waals surface area (Å²) in [6, 6.07) is 9.94. The van der Waals surface area contributed by atoms with Crippen LogP contribution in [0.15, 0.2) is 30.3 Å². The van der Waals surface area contributed by atoms with E-state index in [0.717, 1.165) is 32.1 Å². The van der Waals surface area contributed by atoms with Crippen LogP contribution < -0.4 is 5.32 Å². The number of halogens is 1. The normalized spacial score (nSPS) is 35.3. The SMILES string of the molecule is CC(C)OC(=O)[C@@H](N[C@H](C)c1ccccc1)C12CC3CC(CC(O)(C3)C1)C2.Cl. The van der Waals surface area contributed by atoms with E-state index < -0.39 is 5.60 Å². The van der Waals surface area contributed by atoms with Crippen molar-refractivity contribution in [2.24, 2.45) is 17.3 Å². The Kier molecular flexibility index (Phi) is 6.15. The molecule has 0 heterocycles. The Labute approximate surface area is 174 Å². The third kappa shape index (κ3) is 4.10. The summed E-state index contributed by atoms with van der Waals surface area (Å²) in [7, 11) is 0. The van der Waals surface area contributed by atoms with Crippen LogP contribution in [0.3, 0.4) is 0 Å². The first kappa shape index (κ1) is 21.6. The molecule has 1 aromatic carbocycles. The molecule has 4 aliphatic carbocycles. The zero-order chi connectivity index (χ0) is 19.2. The summed E-state index contributed by atoms with van der Waals surface area (Å²) in [6.45, 7) is 5.92. The molecule has 0 aliphatic heterocycles. The summed E-state index contributed by atoms with van der Waals surface area (Å²) in [5.74, 6) is 0.928. The van der Waals surface area contributed by atoms with E-state index in [1.165, 1.54) is 12.0 Å². The van der Waals surface area contributed by atoms with Crippen molar-refractivity contribution in [2.45, 2.75) is 83.1 Å². The fourth-order valence-corrected chi connectivity index (χ4v) is 6.51. The molecule has 4 saturated carbocycles. The van der Waals surface area contributed by atoms with E-state index >= 15 is 0 Å². The van der Waals surface area contributed by atoms with E-state index in [4.69, 9.17) is 4.74 Å². The standard InChI is InChI=1S/C23H33NO3.ClH/c1-15(2)27-21(25)20(24-16(3)19-7-5-4-6-8-19)22-10-17-9-18(11-22)13-23(26,12-17)14-22;/h4-8,15-18,20,24,26H,9-14H2,1-3H3;1H/t16-,17?,18?,20-,22?,23?;/m1./s1. The van der Waals surface area contributed by atoms with Crippen LogP contribution in [0.4, 0.5) is 0 Å². The Morgan fingerprint density at radius 2 is 1.71 bits per heavy atom. The van der Waals surface area contributed by atoms with E-state index in [1.807, 2.05) is 32.0 Å². The van der Waals surface area contributed by atoms with Gasteiger partial charge in [0.2, 0.25) is 0 Å². The molecule has 0 radical (unpaired) electrons. The van der Waals surface area contributed by atoms with Crippen molar-refractivity contribution < 1.29 is 14.6 Å². The monoisotopic (exact) mass is 407 g/mol. The van der Waals surface area contributed by atoms with Gasteiger partial charge in [0.15, 0.2) is 0 Å². The molecule has 5 rings (SSSR count). The predicted octanol–water partition coefficient (Wildman–Crippen LogP) is 4.41. The first-order valence-electron chi connectivity index (χ1n) is 10.5. The minimum Gasteiger partial charge on any atom is -0.462 e. The predicted molar refractivity (Wildman–Crippen MR) is 112 cm³/mol. The lowest BCUT2D eigenvalue weighted by Gasteiger charge is -2.62. The topological polar surface area (TPSA) is 58.6 Å². The van der Waals surface area contributed by atoms with E-state index in [1.54, 1.807) is 0 Å². The fourth-order valence-electron chi connectivity index (χ4n) is 6.51. The van der Waals surface area contributed by atoms with Crippen LogP contribution in [0.2, 0.25) is 0 Å². The second kappa shape index (κ2) is 7.97. The van der Waals surface area contributed by atoms with Crippen molar-refractivity contribution in [3.05, 3.63) is 35.9 Å². The number of benzene rings is 1. The fraction of sp³-hybridized carbons (Fsp3) is 0.696. The molecule has 0 spiro atoms. The number of rotatable bonds is 6. The Hall–Kier alpha value is -1.10. The van der Waals surface area contributed by atoms with Gasteiger partial charge in [-0.3, -0.25) is 10.1 Å². The highest BCUT2D eigenvalue weighted by Gasteiger charge is 2.61. The molecular weight excluding hydrogens is 374 g/mol. The molecule has 0 saturated heterocycles. The molecule has 4 nitrogen and oxygen atoms in total. The molecule has 4 atom stereocenters. The third-order valence-corrected chi connectivity index (χ3v) is 6.99. The summed E-state index contributed by atoms with van der Waals surface area (Å²) < 4.78 is 5.69. The number of nitrogens with one attached hydrogen (secondary N) is 1. The number of esters is 1. The van der Waals surface area contributed by atoms with Crippen molar-refractivity contribution >= 4 is 18.4 Å². The van der Waals surface area contributed by atoms with Gasteiger partial charge in [0, 0.05) is 6.04 Å². The Morgan fingerprint density at radius 3 is 2.25 bits per heavy atom. The second-order valence-corrected chi connectivity index (χ2v) is 9.77. The molecule has 2 N–H and O–H groups in total. The van der Waals surface area contributed by atoms with Gasteiger partial charge < -0.3 is 9.84 Å². The highest BCUT2D eigenvalue weighted by molar-refractivity contribution is 5.85. The molecule has 156 valence electrons. The summed E-state index contributed by atoms with van der Waals surface area (Å²) in [5.41, 5.74) is 0.398. The van der Waals surface area contributed by atoms with Gasteiger partial charge in [-0.15, -0.1) is 12.4 Å². The largest absolute Gasteiger partial charge is 0.462 e. The highest BCUT2D eigenvalue weighted by atomic mass is 35.5. The van der Waals surface area contributed by atoms with Gasteiger partial charge >= 0.3 is 5.97 Å². The highest BCUT2D eigenvalue weighted by Crippen LogP contribution is 2.63. The first-order valence-corrected chi connectivity index (χ1v) is 10.5. The molecule has 28 heavy (non-hydrogen) atoms. The summed E-state index contributed by atoms with van der Waals surface area (Å²) in [5, 5.41) is 14.8. The molecular formula is C23H34ClNO3. The van der Waals surface area contributed by atoms with Gasteiger partial charge in [0.05, 0.1) is 11.7 Å².